The maximum atomic E-state index is 13.4. The van der Waals surface area contributed by atoms with Gasteiger partial charge in [0.15, 0.2) is 0 Å². The lowest BCUT2D eigenvalue weighted by atomic mass is 9.99. The Bertz CT molecular complexity index is 1100. The minimum Gasteiger partial charge on any atom is -0.472 e. The Hall–Kier alpha value is -3.37. The number of carbonyl (C=O) groups is 2. The fraction of sp³-hybridized carbons (Fsp3) is 0.444. The molecular formula is C27H31N3O4. The number of aliphatic hydroxyl groups is 1. The van der Waals surface area contributed by atoms with Crippen LogP contribution in [0.2, 0.25) is 0 Å². The third-order valence-electron chi connectivity index (χ3n) is 6.34. The van der Waals surface area contributed by atoms with Crippen molar-refractivity contribution >= 4 is 11.8 Å². The molecule has 0 saturated heterocycles. The van der Waals surface area contributed by atoms with Gasteiger partial charge in [0, 0.05) is 42.8 Å². The zero-order valence-corrected chi connectivity index (χ0v) is 19.9. The van der Waals surface area contributed by atoms with Crippen molar-refractivity contribution in [1.29, 1.82) is 0 Å². The van der Waals surface area contributed by atoms with Gasteiger partial charge in [-0.15, -0.1) is 0 Å². The predicted octanol–water partition coefficient (Wildman–Crippen LogP) is 2.84. The van der Waals surface area contributed by atoms with E-state index in [9.17, 15) is 14.7 Å². The third-order valence-corrected chi connectivity index (χ3v) is 6.34. The predicted molar refractivity (Wildman–Crippen MR) is 128 cm³/mol. The molecule has 1 aromatic heterocycles. The molecule has 1 N–H and O–H groups in total. The Balaban J connectivity index is 1.63. The number of fused-ring (bicyclic) bond motifs is 1. The van der Waals surface area contributed by atoms with Crippen molar-refractivity contribution in [2.75, 3.05) is 26.7 Å². The van der Waals surface area contributed by atoms with Crippen LogP contribution in [-0.2, 0) is 0 Å². The number of carbonyl (C=O) groups excluding carboxylic acids is 2. The minimum absolute atomic E-state index is 0.103. The molecule has 178 valence electrons. The highest BCUT2D eigenvalue weighted by Gasteiger charge is 2.34. The maximum Gasteiger partial charge on any atom is 0.259 e. The van der Waals surface area contributed by atoms with E-state index in [4.69, 9.17) is 4.74 Å². The summed E-state index contributed by atoms with van der Waals surface area (Å²) in [6, 6.07) is 10.5. The molecule has 1 fully saturated rings. The molecule has 34 heavy (non-hydrogen) atoms. The summed E-state index contributed by atoms with van der Waals surface area (Å²) in [6.45, 7) is 4.36. The highest BCUT2D eigenvalue weighted by Crippen LogP contribution is 2.29. The van der Waals surface area contributed by atoms with Crippen molar-refractivity contribution in [3.8, 4) is 17.7 Å². The molecule has 1 aliphatic carbocycles. The van der Waals surface area contributed by atoms with Gasteiger partial charge in [-0.25, -0.2) is 4.98 Å². The number of hydrogen-bond acceptors (Lipinski definition) is 5. The summed E-state index contributed by atoms with van der Waals surface area (Å²) in [4.78, 5) is 34.1. The number of hydrogen-bond donors (Lipinski definition) is 1. The molecule has 3 atom stereocenters. The van der Waals surface area contributed by atoms with Crippen LogP contribution in [0.5, 0.6) is 5.88 Å². The summed E-state index contributed by atoms with van der Waals surface area (Å²) < 4.78 is 6.27. The number of ether oxygens (including phenoxy) is 1. The van der Waals surface area contributed by atoms with E-state index < -0.39 is 6.10 Å². The van der Waals surface area contributed by atoms with Crippen molar-refractivity contribution in [2.45, 2.75) is 38.8 Å². The van der Waals surface area contributed by atoms with Gasteiger partial charge in [-0.2, -0.15) is 0 Å². The molecular weight excluding hydrogens is 430 g/mol. The van der Waals surface area contributed by atoms with Crippen LogP contribution >= 0.6 is 0 Å². The van der Waals surface area contributed by atoms with Crippen LogP contribution in [0.3, 0.4) is 0 Å². The van der Waals surface area contributed by atoms with Crippen LogP contribution in [0.15, 0.2) is 42.6 Å². The topological polar surface area (TPSA) is 83.0 Å². The molecule has 0 unspecified atom stereocenters. The van der Waals surface area contributed by atoms with Crippen molar-refractivity contribution in [1.82, 2.24) is 14.8 Å². The van der Waals surface area contributed by atoms with Gasteiger partial charge in [-0.1, -0.05) is 37.0 Å². The normalized spacial score (nSPS) is 20.7. The van der Waals surface area contributed by atoms with Gasteiger partial charge in [0.25, 0.3) is 11.8 Å². The quantitative estimate of drug-likeness (QED) is 0.693. The van der Waals surface area contributed by atoms with Gasteiger partial charge < -0.3 is 19.6 Å². The van der Waals surface area contributed by atoms with Gasteiger partial charge >= 0.3 is 0 Å². The second kappa shape index (κ2) is 10.3. The van der Waals surface area contributed by atoms with E-state index in [-0.39, 0.29) is 36.3 Å². The first-order chi connectivity index (χ1) is 16.4. The molecule has 2 aromatic rings. The number of nitrogens with zero attached hydrogens (tertiary/aromatic N) is 3. The number of rotatable bonds is 5. The van der Waals surface area contributed by atoms with E-state index in [0.717, 1.165) is 12.8 Å². The Morgan fingerprint density at radius 3 is 2.74 bits per heavy atom. The monoisotopic (exact) mass is 461 g/mol. The lowest BCUT2D eigenvalue weighted by molar-refractivity contribution is 0.0313. The first-order valence-electron chi connectivity index (χ1n) is 11.8. The summed E-state index contributed by atoms with van der Waals surface area (Å²) in [5, 5.41) is 9.80. The van der Waals surface area contributed by atoms with Crippen LogP contribution in [0, 0.1) is 23.7 Å². The van der Waals surface area contributed by atoms with Crippen LogP contribution in [-0.4, -0.2) is 70.6 Å². The number of pyridine rings is 1. The molecule has 2 amide bonds. The summed E-state index contributed by atoms with van der Waals surface area (Å²) >= 11 is 0. The van der Waals surface area contributed by atoms with Gasteiger partial charge in [-0.05, 0) is 38.0 Å². The van der Waals surface area contributed by atoms with Crippen molar-refractivity contribution < 1.29 is 19.4 Å². The van der Waals surface area contributed by atoms with E-state index >= 15 is 0 Å². The summed E-state index contributed by atoms with van der Waals surface area (Å²) in [5.41, 5.74) is 1.60. The standard InChI is InChI=1S/C27H31N3O4/c1-18-15-30(19(2)17-31)27(33)23-13-21(12-11-20-9-10-20)14-28-25(23)34-24(18)16-29(3)26(32)22-7-5-4-6-8-22/h4-8,13-14,18-20,24,31H,9-10,15-17H2,1-3H3/t18-,19-,24-/m1/s1. The SMILES string of the molecule is C[C@@H]1CN([C@H](C)CO)C(=O)c2cc(C#CC3CC3)cnc2O[C@@H]1CN(C)C(=O)c1ccccc1. The van der Waals surface area contributed by atoms with Crippen LogP contribution in [0.4, 0.5) is 0 Å². The van der Waals surface area contributed by atoms with Gasteiger partial charge in [0.05, 0.1) is 19.2 Å². The summed E-state index contributed by atoms with van der Waals surface area (Å²) in [6.07, 6.45) is 3.46. The van der Waals surface area contributed by atoms with E-state index in [2.05, 4.69) is 16.8 Å². The van der Waals surface area contributed by atoms with E-state index in [0.29, 0.717) is 35.7 Å². The molecule has 2 heterocycles. The first kappa shape index (κ1) is 23.8. The van der Waals surface area contributed by atoms with Gasteiger partial charge in [0.1, 0.15) is 11.7 Å². The molecule has 2 aliphatic rings. The van der Waals surface area contributed by atoms with Crippen molar-refractivity contribution in [3.63, 3.8) is 0 Å². The van der Waals surface area contributed by atoms with Gasteiger partial charge in [-0.3, -0.25) is 9.59 Å². The molecule has 1 aromatic carbocycles. The second-order valence-corrected chi connectivity index (χ2v) is 9.29. The molecule has 7 heteroatoms. The largest absolute Gasteiger partial charge is 0.472 e. The smallest absolute Gasteiger partial charge is 0.259 e. The molecule has 1 aliphatic heterocycles. The molecule has 1 saturated carbocycles. The van der Waals surface area contributed by atoms with E-state index in [1.165, 1.54) is 0 Å². The maximum absolute atomic E-state index is 13.4. The molecule has 4 rings (SSSR count). The van der Waals surface area contributed by atoms with E-state index in [1.54, 1.807) is 41.2 Å². The lowest BCUT2D eigenvalue weighted by Gasteiger charge is -2.37. The zero-order chi connectivity index (χ0) is 24.2. The Kier molecular flexibility index (Phi) is 7.18. The number of amides is 2. The number of aliphatic hydroxyl groups excluding tert-OH is 1. The average molecular weight is 462 g/mol. The van der Waals surface area contributed by atoms with E-state index in [1.807, 2.05) is 32.0 Å². The first-order valence-corrected chi connectivity index (χ1v) is 11.8. The average Bonchev–Trinajstić information content (AvgIpc) is 3.69. The molecule has 0 bridgehead atoms. The molecule has 0 spiro atoms. The second-order valence-electron chi connectivity index (χ2n) is 9.29. The number of likely N-dealkylation sites (N-methyl/N-ethyl adjacent to an activating group) is 1. The van der Waals surface area contributed by atoms with Crippen LogP contribution in [0.25, 0.3) is 0 Å². The summed E-state index contributed by atoms with van der Waals surface area (Å²) in [7, 11) is 1.74. The third kappa shape index (κ3) is 5.40. The van der Waals surface area contributed by atoms with Crippen LogP contribution in [0.1, 0.15) is 53.0 Å². The zero-order valence-electron chi connectivity index (χ0n) is 19.9. The number of aromatic nitrogens is 1. The fourth-order valence-electron chi connectivity index (χ4n) is 3.96. The highest BCUT2D eigenvalue weighted by molar-refractivity contribution is 5.97. The van der Waals surface area contributed by atoms with Crippen LogP contribution < -0.4 is 4.74 Å². The van der Waals surface area contributed by atoms with Crippen molar-refractivity contribution in [3.05, 3.63) is 59.3 Å². The molecule has 7 nitrogen and oxygen atoms in total. The Morgan fingerprint density at radius 2 is 2.06 bits per heavy atom. The lowest BCUT2D eigenvalue weighted by Crippen LogP contribution is -2.50. The molecule has 0 radical (unpaired) electrons. The minimum atomic E-state index is -0.395. The summed E-state index contributed by atoms with van der Waals surface area (Å²) in [5.74, 6) is 6.53. The fourth-order valence-corrected chi connectivity index (χ4v) is 3.96. The Morgan fingerprint density at radius 1 is 1.32 bits per heavy atom. The van der Waals surface area contributed by atoms with Crippen molar-refractivity contribution in [2.24, 2.45) is 11.8 Å². The number of benzene rings is 1. The Labute approximate surface area is 200 Å². The van der Waals surface area contributed by atoms with Gasteiger partial charge in [0.2, 0.25) is 5.88 Å². The highest BCUT2D eigenvalue weighted by atomic mass is 16.5.